The van der Waals surface area contributed by atoms with Crippen molar-refractivity contribution >= 4 is 10.9 Å². The van der Waals surface area contributed by atoms with Crippen molar-refractivity contribution in [3.63, 3.8) is 0 Å². The SMILES string of the molecule is C[C@@H]1Cc2c([nH]c3ccccc23)[C@@H](c2c(F)cc(OC3CC(N)C3)cc2F)N1CC(C)(C)F. The minimum absolute atomic E-state index is 0.0464. The molecule has 2 aliphatic rings. The molecule has 1 aliphatic heterocycles. The topological polar surface area (TPSA) is 54.3 Å². The van der Waals surface area contributed by atoms with E-state index in [2.05, 4.69) is 4.98 Å². The van der Waals surface area contributed by atoms with Crippen LogP contribution in [0.1, 0.15) is 56.5 Å². The fourth-order valence-corrected chi connectivity index (χ4v) is 5.28. The van der Waals surface area contributed by atoms with Gasteiger partial charge in [0.1, 0.15) is 29.2 Å². The number of aromatic amines is 1. The number of hydrogen-bond acceptors (Lipinski definition) is 3. The Bertz CT molecular complexity index is 1160. The second-order valence-corrected chi connectivity index (χ2v) is 10.2. The lowest BCUT2D eigenvalue weighted by Gasteiger charge is -2.43. The molecule has 0 radical (unpaired) electrons. The van der Waals surface area contributed by atoms with Crippen molar-refractivity contribution in [3.8, 4) is 5.75 Å². The third-order valence-electron chi connectivity index (χ3n) is 6.84. The molecule has 0 spiro atoms. The van der Waals surface area contributed by atoms with Crippen LogP contribution in [0.3, 0.4) is 0 Å². The van der Waals surface area contributed by atoms with Crippen molar-refractivity contribution in [2.75, 3.05) is 6.54 Å². The number of fused-ring (bicyclic) bond motifs is 3. The van der Waals surface area contributed by atoms with E-state index in [-0.39, 0.29) is 36.0 Å². The standard InChI is InChI=1S/C26H30F3N3O/c1-14-8-19-18-6-4-5-7-22(18)31-24(19)25(32(14)13-26(2,3)29)23-20(27)11-17(12-21(23)28)33-16-9-15(30)10-16/h4-7,11-12,14-16,25,31H,8-10,13,30H2,1-3H3/t14-,15?,16?,25-/m1/s1. The Morgan fingerprint density at radius 3 is 2.45 bits per heavy atom. The van der Waals surface area contributed by atoms with Gasteiger partial charge in [-0.2, -0.15) is 0 Å². The van der Waals surface area contributed by atoms with Crippen LogP contribution in [0.5, 0.6) is 5.75 Å². The summed E-state index contributed by atoms with van der Waals surface area (Å²) in [5.74, 6) is -1.23. The molecule has 0 bridgehead atoms. The molecule has 3 N–H and O–H groups in total. The predicted molar refractivity (Wildman–Crippen MR) is 123 cm³/mol. The highest BCUT2D eigenvalue weighted by atomic mass is 19.1. The second-order valence-electron chi connectivity index (χ2n) is 10.2. The summed E-state index contributed by atoms with van der Waals surface area (Å²) in [7, 11) is 0. The number of rotatable bonds is 5. The molecule has 1 saturated carbocycles. The van der Waals surface area contributed by atoms with Crippen molar-refractivity contribution in [2.24, 2.45) is 5.73 Å². The van der Waals surface area contributed by atoms with Crippen LogP contribution in [0.2, 0.25) is 0 Å². The molecule has 2 atom stereocenters. The van der Waals surface area contributed by atoms with Gasteiger partial charge in [0.15, 0.2) is 0 Å². The number of aromatic nitrogens is 1. The van der Waals surface area contributed by atoms with E-state index < -0.39 is 23.3 Å². The molecule has 0 unspecified atom stereocenters. The molecule has 2 heterocycles. The van der Waals surface area contributed by atoms with Gasteiger partial charge in [-0.15, -0.1) is 0 Å². The zero-order chi connectivity index (χ0) is 23.5. The molecule has 1 aliphatic carbocycles. The number of nitrogens with two attached hydrogens (primary N) is 1. The van der Waals surface area contributed by atoms with Crippen molar-refractivity contribution < 1.29 is 17.9 Å². The highest BCUT2D eigenvalue weighted by Crippen LogP contribution is 2.44. The van der Waals surface area contributed by atoms with Gasteiger partial charge < -0.3 is 15.5 Å². The maximum atomic E-state index is 15.5. The molecule has 176 valence electrons. The fraction of sp³-hybridized carbons (Fsp3) is 0.462. The first-order valence-electron chi connectivity index (χ1n) is 11.6. The van der Waals surface area contributed by atoms with E-state index in [0.717, 1.165) is 22.2 Å². The van der Waals surface area contributed by atoms with Gasteiger partial charge >= 0.3 is 0 Å². The summed E-state index contributed by atoms with van der Waals surface area (Å²) in [6, 6.07) is 9.50. The molecule has 2 aromatic carbocycles. The fourth-order valence-electron chi connectivity index (χ4n) is 5.28. The minimum Gasteiger partial charge on any atom is -0.490 e. The van der Waals surface area contributed by atoms with Gasteiger partial charge in [0, 0.05) is 52.9 Å². The molecule has 1 aromatic heterocycles. The third-order valence-corrected chi connectivity index (χ3v) is 6.84. The van der Waals surface area contributed by atoms with Crippen molar-refractivity contribution in [1.82, 2.24) is 9.88 Å². The van der Waals surface area contributed by atoms with E-state index in [9.17, 15) is 4.39 Å². The lowest BCUT2D eigenvalue weighted by atomic mass is 9.87. The average Bonchev–Trinajstić information content (AvgIpc) is 3.06. The zero-order valence-electron chi connectivity index (χ0n) is 19.2. The first-order chi connectivity index (χ1) is 15.6. The number of halogens is 3. The van der Waals surface area contributed by atoms with Crippen molar-refractivity contribution in [1.29, 1.82) is 0 Å². The zero-order valence-corrected chi connectivity index (χ0v) is 19.2. The van der Waals surface area contributed by atoms with Gasteiger partial charge in [-0.3, -0.25) is 4.90 Å². The van der Waals surface area contributed by atoms with Crippen LogP contribution in [-0.4, -0.2) is 40.3 Å². The van der Waals surface area contributed by atoms with Gasteiger partial charge in [0.05, 0.1) is 6.04 Å². The Balaban J connectivity index is 1.61. The van der Waals surface area contributed by atoms with Gasteiger partial charge in [0.25, 0.3) is 0 Å². The molecule has 33 heavy (non-hydrogen) atoms. The van der Waals surface area contributed by atoms with E-state index >= 15 is 8.78 Å². The van der Waals surface area contributed by atoms with Crippen LogP contribution in [0.25, 0.3) is 10.9 Å². The number of ether oxygens (including phenoxy) is 1. The van der Waals surface area contributed by atoms with Crippen LogP contribution in [0.4, 0.5) is 13.2 Å². The van der Waals surface area contributed by atoms with E-state index in [1.54, 1.807) is 0 Å². The average molecular weight is 458 g/mol. The number of para-hydroxylation sites is 1. The number of nitrogens with one attached hydrogen (secondary N) is 1. The summed E-state index contributed by atoms with van der Waals surface area (Å²) in [6.45, 7) is 5.01. The lowest BCUT2D eigenvalue weighted by Crippen LogP contribution is -2.48. The van der Waals surface area contributed by atoms with Gasteiger partial charge in [-0.05, 0) is 51.7 Å². The Labute approximate surface area is 191 Å². The summed E-state index contributed by atoms with van der Waals surface area (Å²) >= 11 is 0. The Morgan fingerprint density at radius 2 is 1.82 bits per heavy atom. The molecule has 5 rings (SSSR count). The molecule has 4 nitrogen and oxygen atoms in total. The molecule has 0 saturated heterocycles. The third kappa shape index (κ3) is 4.13. The van der Waals surface area contributed by atoms with E-state index in [1.807, 2.05) is 36.1 Å². The highest BCUT2D eigenvalue weighted by Gasteiger charge is 2.41. The summed E-state index contributed by atoms with van der Waals surface area (Å²) in [6.07, 6.45) is 1.88. The maximum absolute atomic E-state index is 15.5. The lowest BCUT2D eigenvalue weighted by molar-refractivity contribution is 0.0639. The van der Waals surface area contributed by atoms with E-state index in [4.69, 9.17) is 10.5 Å². The summed E-state index contributed by atoms with van der Waals surface area (Å²) < 4.78 is 51.7. The van der Waals surface area contributed by atoms with Crippen LogP contribution in [0.15, 0.2) is 36.4 Å². The number of benzene rings is 2. The van der Waals surface area contributed by atoms with Gasteiger partial charge in [0.2, 0.25) is 0 Å². The quantitative estimate of drug-likeness (QED) is 0.540. The van der Waals surface area contributed by atoms with Crippen LogP contribution >= 0.6 is 0 Å². The molecular formula is C26H30F3N3O. The number of hydrogen-bond donors (Lipinski definition) is 2. The summed E-state index contributed by atoms with van der Waals surface area (Å²) in [5.41, 5.74) is 6.82. The molecule has 1 fully saturated rings. The number of alkyl halides is 1. The first-order valence-corrected chi connectivity index (χ1v) is 11.6. The van der Waals surface area contributed by atoms with Crippen molar-refractivity contribution in [2.45, 2.75) is 69.9 Å². The largest absolute Gasteiger partial charge is 0.490 e. The van der Waals surface area contributed by atoms with Gasteiger partial charge in [-0.1, -0.05) is 18.2 Å². The van der Waals surface area contributed by atoms with Gasteiger partial charge in [-0.25, -0.2) is 13.2 Å². The highest BCUT2D eigenvalue weighted by molar-refractivity contribution is 5.85. The summed E-state index contributed by atoms with van der Waals surface area (Å²) in [5, 5.41) is 1.03. The monoisotopic (exact) mass is 457 g/mol. The van der Waals surface area contributed by atoms with E-state index in [1.165, 1.54) is 26.0 Å². The summed E-state index contributed by atoms with van der Waals surface area (Å²) in [4.78, 5) is 5.25. The molecular weight excluding hydrogens is 427 g/mol. The Kier molecular flexibility index (Phi) is 5.45. The van der Waals surface area contributed by atoms with Crippen LogP contribution in [0, 0.1) is 11.6 Å². The Hall–Kier alpha value is -2.51. The van der Waals surface area contributed by atoms with Crippen molar-refractivity contribution in [3.05, 3.63) is 64.9 Å². The number of nitrogens with zero attached hydrogens (tertiary/aromatic N) is 1. The van der Waals surface area contributed by atoms with Crippen LogP contribution in [-0.2, 0) is 6.42 Å². The minimum atomic E-state index is -1.53. The number of H-pyrrole nitrogens is 1. The van der Waals surface area contributed by atoms with E-state index in [0.29, 0.717) is 19.3 Å². The molecule has 7 heteroatoms. The molecule has 3 aromatic rings. The van der Waals surface area contributed by atoms with Crippen LogP contribution < -0.4 is 10.5 Å². The normalized spacial score (nSPS) is 25.7. The first kappa shape index (κ1) is 22.3. The Morgan fingerprint density at radius 1 is 1.15 bits per heavy atom. The maximum Gasteiger partial charge on any atom is 0.135 e. The second kappa shape index (κ2) is 8.06. The smallest absolute Gasteiger partial charge is 0.135 e. The molecule has 0 amide bonds. The predicted octanol–water partition coefficient (Wildman–Crippen LogP) is 5.40.